The molecule has 0 unspecified atom stereocenters. The molecule has 0 aromatic carbocycles. The molecule has 0 radical (unpaired) electrons. The number of nitrogens with one attached hydrogen (secondary N) is 1. The summed E-state index contributed by atoms with van der Waals surface area (Å²) in [6.07, 6.45) is 1.77. The molecule has 1 N–H and O–H groups in total. The summed E-state index contributed by atoms with van der Waals surface area (Å²) in [5, 5.41) is 15.8. The number of aromatic nitrogens is 8. The Balaban J connectivity index is 1.44. The zero-order valence-electron chi connectivity index (χ0n) is 20.4. The van der Waals surface area contributed by atoms with Crippen LogP contribution in [0.1, 0.15) is 44.5 Å². The summed E-state index contributed by atoms with van der Waals surface area (Å²) in [5.41, 5.74) is 0.698. The number of rotatable bonds is 4. The molecule has 1 saturated carbocycles. The van der Waals surface area contributed by atoms with E-state index in [1.54, 1.807) is 21.6 Å². The van der Waals surface area contributed by atoms with Crippen LogP contribution in [0.4, 0.5) is 24.9 Å². The zero-order chi connectivity index (χ0) is 25.5. The number of anilines is 2. The number of nitrogens with zero attached hydrogens (tertiary/aromatic N) is 8. The van der Waals surface area contributed by atoms with Gasteiger partial charge >= 0.3 is 6.18 Å². The minimum absolute atomic E-state index is 0.0204. The summed E-state index contributed by atoms with van der Waals surface area (Å²) < 4.78 is 47.5. The van der Waals surface area contributed by atoms with Crippen molar-refractivity contribution in [3.8, 4) is 22.8 Å². The Morgan fingerprint density at radius 1 is 1.11 bits per heavy atom. The third-order valence-electron chi connectivity index (χ3n) is 7.39. The normalized spacial score (nSPS) is 17.9. The second-order valence-electron chi connectivity index (χ2n) is 10.3. The van der Waals surface area contributed by atoms with E-state index in [0.717, 1.165) is 28.3 Å². The van der Waals surface area contributed by atoms with Gasteiger partial charge in [0.2, 0.25) is 5.95 Å². The minimum Gasteiger partial charge on any atom is -0.344 e. The molecule has 0 bridgehead atoms. The minimum atomic E-state index is -4.36. The van der Waals surface area contributed by atoms with Gasteiger partial charge in [-0.15, -0.1) is 10.2 Å². The molecule has 0 spiro atoms. The maximum Gasteiger partial charge on any atom is 0.401 e. The lowest BCUT2D eigenvalue weighted by Gasteiger charge is -2.30. The van der Waals surface area contributed by atoms with E-state index in [1.165, 1.54) is 0 Å². The maximum atomic E-state index is 14.0. The molecule has 1 aliphatic carbocycles. The van der Waals surface area contributed by atoms with Gasteiger partial charge in [-0.2, -0.15) is 18.3 Å². The Kier molecular flexibility index (Phi) is 4.68. The van der Waals surface area contributed by atoms with Crippen LogP contribution < -0.4 is 5.32 Å². The van der Waals surface area contributed by atoms with Crippen LogP contribution in [0, 0.1) is 6.92 Å². The van der Waals surface area contributed by atoms with Crippen molar-refractivity contribution >= 4 is 11.8 Å². The van der Waals surface area contributed by atoms with Crippen LogP contribution in [-0.2, 0) is 24.5 Å². The van der Waals surface area contributed by atoms with Gasteiger partial charge < -0.3 is 14.5 Å². The molecule has 4 aromatic rings. The van der Waals surface area contributed by atoms with E-state index in [2.05, 4.69) is 25.6 Å². The van der Waals surface area contributed by atoms with Crippen molar-refractivity contribution in [2.75, 3.05) is 5.32 Å². The largest absolute Gasteiger partial charge is 0.401 e. The van der Waals surface area contributed by atoms with Crippen molar-refractivity contribution < 1.29 is 13.2 Å². The maximum absolute atomic E-state index is 14.0. The van der Waals surface area contributed by atoms with Gasteiger partial charge in [-0.1, -0.05) is 0 Å². The van der Waals surface area contributed by atoms with Gasteiger partial charge in [0.25, 0.3) is 0 Å². The number of alkyl halides is 3. The molecule has 6 rings (SSSR count). The number of halogens is 3. The Morgan fingerprint density at radius 2 is 1.89 bits per heavy atom. The van der Waals surface area contributed by atoms with E-state index in [-0.39, 0.29) is 18.7 Å². The lowest BCUT2D eigenvalue weighted by molar-refractivity contribution is -0.163. The molecule has 0 atom stereocenters. The molecule has 4 aromatic heterocycles. The first kappa shape index (κ1) is 22.7. The van der Waals surface area contributed by atoms with E-state index in [0.29, 0.717) is 24.7 Å². The van der Waals surface area contributed by atoms with Gasteiger partial charge in [-0.3, -0.25) is 4.68 Å². The molecule has 36 heavy (non-hydrogen) atoms. The lowest BCUT2D eigenvalue weighted by atomic mass is 9.97. The van der Waals surface area contributed by atoms with Gasteiger partial charge in [-0.25, -0.2) is 9.97 Å². The number of aryl methyl sites for hydroxylation is 3. The fourth-order valence-corrected chi connectivity index (χ4v) is 5.02. The first-order valence-corrected chi connectivity index (χ1v) is 11.8. The average molecular weight is 498 g/mol. The van der Waals surface area contributed by atoms with Gasteiger partial charge in [0.05, 0.1) is 17.6 Å². The molecule has 1 fully saturated rings. The molecule has 0 saturated heterocycles. The molecule has 0 amide bonds. The summed E-state index contributed by atoms with van der Waals surface area (Å²) in [4.78, 5) is 9.12. The second-order valence-corrected chi connectivity index (χ2v) is 10.3. The van der Waals surface area contributed by atoms with Crippen LogP contribution in [0.3, 0.4) is 0 Å². The third-order valence-corrected chi connectivity index (χ3v) is 7.39. The summed E-state index contributed by atoms with van der Waals surface area (Å²) in [5.74, 6) is 1.65. The Morgan fingerprint density at radius 3 is 2.56 bits per heavy atom. The van der Waals surface area contributed by atoms with Crippen molar-refractivity contribution in [2.24, 2.45) is 7.05 Å². The van der Waals surface area contributed by atoms with Crippen LogP contribution in [0.2, 0.25) is 0 Å². The Bertz CT molecular complexity index is 1470. The number of hydrogen-bond acceptors (Lipinski definition) is 6. The smallest absolute Gasteiger partial charge is 0.344 e. The molecular formula is C24H26F3N9. The monoisotopic (exact) mass is 497 g/mol. The van der Waals surface area contributed by atoms with Crippen LogP contribution >= 0.6 is 0 Å². The highest BCUT2D eigenvalue weighted by Crippen LogP contribution is 2.59. The summed E-state index contributed by atoms with van der Waals surface area (Å²) >= 11 is 0. The second kappa shape index (κ2) is 7.40. The van der Waals surface area contributed by atoms with Crippen molar-refractivity contribution in [1.82, 2.24) is 39.1 Å². The van der Waals surface area contributed by atoms with E-state index < -0.39 is 17.1 Å². The molecular weight excluding hydrogens is 471 g/mol. The Hall–Kier alpha value is -3.70. The van der Waals surface area contributed by atoms with Crippen LogP contribution in [0.5, 0.6) is 0 Å². The SMILES string of the molecule is Cc1cnc(Nc2ccnn2C)nc1-c1cc2n(c1)CCC(C)(C)n1c-2nnc1C1(C(F)(F)F)CC1. The van der Waals surface area contributed by atoms with Crippen molar-refractivity contribution in [3.05, 3.63) is 42.1 Å². The predicted octanol–water partition coefficient (Wildman–Crippen LogP) is 4.72. The highest BCUT2D eigenvalue weighted by molar-refractivity contribution is 5.70. The quantitative estimate of drug-likeness (QED) is 0.439. The van der Waals surface area contributed by atoms with Gasteiger partial charge in [0, 0.05) is 43.2 Å². The first-order valence-electron chi connectivity index (χ1n) is 11.8. The highest BCUT2D eigenvalue weighted by atomic mass is 19.4. The van der Waals surface area contributed by atoms with Crippen LogP contribution in [0.15, 0.2) is 30.7 Å². The van der Waals surface area contributed by atoms with Gasteiger partial charge in [0.15, 0.2) is 5.82 Å². The van der Waals surface area contributed by atoms with E-state index in [4.69, 9.17) is 4.98 Å². The highest BCUT2D eigenvalue weighted by Gasteiger charge is 2.67. The summed E-state index contributed by atoms with van der Waals surface area (Å²) in [7, 11) is 1.82. The summed E-state index contributed by atoms with van der Waals surface area (Å²) in [6.45, 7) is 6.46. The molecule has 9 nitrogen and oxygen atoms in total. The fourth-order valence-electron chi connectivity index (χ4n) is 5.02. The summed E-state index contributed by atoms with van der Waals surface area (Å²) in [6, 6.07) is 3.76. The van der Waals surface area contributed by atoms with Crippen LogP contribution in [-0.4, -0.2) is 45.3 Å². The van der Waals surface area contributed by atoms with Crippen molar-refractivity contribution in [1.29, 1.82) is 0 Å². The number of fused-ring (bicyclic) bond motifs is 3. The first-order chi connectivity index (χ1) is 17.0. The molecule has 188 valence electrons. The van der Waals surface area contributed by atoms with Crippen molar-refractivity contribution in [2.45, 2.75) is 63.7 Å². The zero-order valence-corrected chi connectivity index (χ0v) is 20.4. The Labute approximate surface area is 205 Å². The number of hydrogen-bond donors (Lipinski definition) is 1. The van der Waals surface area contributed by atoms with Crippen LogP contribution in [0.25, 0.3) is 22.8 Å². The van der Waals surface area contributed by atoms with Gasteiger partial charge in [-0.05, 0) is 51.7 Å². The molecule has 1 aliphatic heterocycles. The standard InChI is InChI=1S/C24H26F3N9/c1-14-12-28-21(30-17-5-9-29-34(17)4)31-18(14)15-11-16-19-32-33-20(23(6-7-23)24(25,26)27)36(19)22(2,3)8-10-35(16)13-15/h5,9,11-13H,6-8,10H2,1-4H3,(H,28,30,31). The fraction of sp³-hybridized carbons (Fsp3) is 0.458. The third kappa shape index (κ3) is 3.34. The topological polar surface area (TPSA) is 91.3 Å². The predicted molar refractivity (Wildman–Crippen MR) is 127 cm³/mol. The lowest BCUT2D eigenvalue weighted by Crippen LogP contribution is -2.37. The molecule has 2 aliphatic rings. The molecule has 5 heterocycles. The molecule has 12 heteroatoms. The average Bonchev–Trinajstić information content (AvgIpc) is 3.16. The van der Waals surface area contributed by atoms with E-state index in [1.807, 2.05) is 50.7 Å². The van der Waals surface area contributed by atoms with Crippen molar-refractivity contribution in [3.63, 3.8) is 0 Å². The van der Waals surface area contributed by atoms with Gasteiger partial charge in [0.1, 0.15) is 17.1 Å². The van der Waals surface area contributed by atoms with E-state index >= 15 is 0 Å². The van der Waals surface area contributed by atoms with E-state index in [9.17, 15) is 13.2 Å².